The zero-order valence-electron chi connectivity index (χ0n) is 23.5. The molecule has 224 valence electrons. The van der Waals surface area contributed by atoms with Crippen molar-refractivity contribution in [1.82, 2.24) is 10.2 Å². The second kappa shape index (κ2) is 15.1. The molecule has 1 aliphatic heterocycles. The number of nitrogens with zero attached hydrogens (tertiary/aromatic N) is 1. The SMILES string of the molecule is Cc1cc(F)c(CC(N)CC(=O)N2CCS[C@H]2C(=O)NCc2ccc(N[C@@H](C(=O)OCCO)C(C)C)cc2)cc1F. The van der Waals surface area contributed by atoms with Gasteiger partial charge in [-0.15, -0.1) is 11.8 Å². The number of ether oxygens (including phenoxy) is 1. The number of aryl methyl sites for hydroxylation is 1. The molecule has 0 aliphatic carbocycles. The number of aliphatic hydroxyl groups excluding tert-OH is 1. The summed E-state index contributed by atoms with van der Waals surface area (Å²) in [5.74, 6) is -1.62. The van der Waals surface area contributed by atoms with Gasteiger partial charge in [0.2, 0.25) is 5.91 Å². The van der Waals surface area contributed by atoms with E-state index in [2.05, 4.69) is 10.6 Å². The number of carbonyl (C=O) groups is 3. The molecule has 3 rings (SSSR count). The molecule has 1 aliphatic rings. The lowest BCUT2D eigenvalue weighted by Gasteiger charge is -2.24. The Morgan fingerprint density at radius 2 is 1.88 bits per heavy atom. The van der Waals surface area contributed by atoms with Crippen LogP contribution in [-0.4, -0.2) is 70.8 Å². The van der Waals surface area contributed by atoms with E-state index in [4.69, 9.17) is 15.6 Å². The van der Waals surface area contributed by atoms with Gasteiger partial charge in [-0.3, -0.25) is 9.59 Å². The molecular formula is C29H38F2N4O5S. The van der Waals surface area contributed by atoms with E-state index in [-0.39, 0.29) is 61.5 Å². The zero-order chi connectivity index (χ0) is 30.1. The summed E-state index contributed by atoms with van der Waals surface area (Å²) in [5.41, 5.74) is 7.93. The van der Waals surface area contributed by atoms with E-state index in [9.17, 15) is 23.2 Å². The molecule has 41 heavy (non-hydrogen) atoms. The van der Waals surface area contributed by atoms with Crippen molar-refractivity contribution in [2.45, 2.75) is 57.6 Å². The number of nitrogens with one attached hydrogen (secondary N) is 2. The number of hydrogen-bond acceptors (Lipinski definition) is 8. The molecule has 1 heterocycles. The van der Waals surface area contributed by atoms with Gasteiger partial charge in [0.05, 0.1) is 6.61 Å². The van der Waals surface area contributed by atoms with Gasteiger partial charge in [0.15, 0.2) is 5.37 Å². The smallest absolute Gasteiger partial charge is 0.328 e. The van der Waals surface area contributed by atoms with Gasteiger partial charge in [0.1, 0.15) is 24.3 Å². The predicted molar refractivity (Wildman–Crippen MR) is 154 cm³/mol. The largest absolute Gasteiger partial charge is 0.462 e. The molecule has 2 aromatic rings. The van der Waals surface area contributed by atoms with Crippen LogP contribution in [0.25, 0.3) is 0 Å². The van der Waals surface area contributed by atoms with Crippen LogP contribution in [0.1, 0.15) is 37.0 Å². The monoisotopic (exact) mass is 592 g/mol. The summed E-state index contributed by atoms with van der Waals surface area (Å²) in [4.78, 5) is 39.6. The Kier molecular flexibility index (Phi) is 11.9. The second-order valence-electron chi connectivity index (χ2n) is 10.3. The molecule has 0 spiro atoms. The third kappa shape index (κ3) is 9.14. The maximum atomic E-state index is 14.2. The lowest BCUT2D eigenvalue weighted by Crippen LogP contribution is -2.46. The van der Waals surface area contributed by atoms with E-state index in [0.717, 1.165) is 17.7 Å². The van der Waals surface area contributed by atoms with E-state index >= 15 is 0 Å². The zero-order valence-corrected chi connectivity index (χ0v) is 24.3. The fraction of sp³-hybridized carbons (Fsp3) is 0.483. The Morgan fingerprint density at radius 1 is 1.17 bits per heavy atom. The van der Waals surface area contributed by atoms with Crippen LogP contribution in [0.3, 0.4) is 0 Å². The molecule has 9 nitrogen and oxygen atoms in total. The normalized spacial score (nSPS) is 16.4. The van der Waals surface area contributed by atoms with Gasteiger partial charge < -0.3 is 31.1 Å². The average molecular weight is 593 g/mol. The van der Waals surface area contributed by atoms with E-state index in [0.29, 0.717) is 18.0 Å². The van der Waals surface area contributed by atoms with Crippen molar-refractivity contribution in [3.63, 3.8) is 0 Å². The topological polar surface area (TPSA) is 134 Å². The highest BCUT2D eigenvalue weighted by Crippen LogP contribution is 2.26. The van der Waals surface area contributed by atoms with Crippen LogP contribution in [0, 0.1) is 24.5 Å². The Bertz CT molecular complexity index is 1210. The second-order valence-corrected chi connectivity index (χ2v) is 11.5. The summed E-state index contributed by atoms with van der Waals surface area (Å²) in [6.07, 6.45) is -0.0993. The molecule has 0 bridgehead atoms. The van der Waals surface area contributed by atoms with Crippen LogP contribution in [0.15, 0.2) is 36.4 Å². The highest BCUT2D eigenvalue weighted by molar-refractivity contribution is 8.00. The maximum absolute atomic E-state index is 14.2. The van der Waals surface area contributed by atoms with Crippen LogP contribution >= 0.6 is 11.8 Å². The van der Waals surface area contributed by atoms with Crippen LogP contribution in [0.4, 0.5) is 14.5 Å². The molecule has 1 unspecified atom stereocenters. The predicted octanol–water partition coefficient (Wildman–Crippen LogP) is 2.72. The summed E-state index contributed by atoms with van der Waals surface area (Å²) in [7, 11) is 0. The number of hydrogen-bond donors (Lipinski definition) is 4. The number of aliphatic hydroxyl groups is 1. The maximum Gasteiger partial charge on any atom is 0.328 e. The minimum atomic E-state index is -0.729. The number of anilines is 1. The first-order valence-electron chi connectivity index (χ1n) is 13.5. The summed E-state index contributed by atoms with van der Waals surface area (Å²) in [6, 6.07) is 8.12. The van der Waals surface area contributed by atoms with Crippen LogP contribution in [0.2, 0.25) is 0 Å². The molecule has 2 amide bonds. The van der Waals surface area contributed by atoms with Crippen molar-refractivity contribution in [3.8, 4) is 0 Å². The highest BCUT2D eigenvalue weighted by atomic mass is 32.2. The molecule has 0 saturated carbocycles. The lowest BCUT2D eigenvalue weighted by molar-refractivity contribution is -0.146. The first-order valence-corrected chi connectivity index (χ1v) is 14.6. The molecule has 1 fully saturated rings. The number of halogens is 2. The Balaban J connectivity index is 1.51. The summed E-state index contributed by atoms with van der Waals surface area (Å²) >= 11 is 1.35. The molecular weight excluding hydrogens is 554 g/mol. The number of benzene rings is 2. The van der Waals surface area contributed by atoms with Crippen LogP contribution in [-0.2, 0) is 32.1 Å². The Morgan fingerprint density at radius 3 is 2.54 bits per heavy atom. The molecule has 0 aromatic heterocycles. The van der Waals surface area contributed by atoms with E-state index in [1.807, 2.05) is 26.0 Å². The van der Waals surface area contributed by atoms with Gasteiger partial charge in [-0.1, -0.05) is 26.0 Å². The number of carbonyl (C=O) groups excluding carboxylic acids is 3. The van der Waals surface area contributed by atoms with Gasteiger partial charge in [-0.05, 0) is 60.2 Å². The molecule has 5 N–H and O–H groups in total. The fourth-order valence-corrected chi connectivity index (χ4v) is 5.55. The van der Waals surface area contributed by atoms with Gasteiger partial charge in [0, 0.05) is 37.0 Å². The summed E-state index contributed by atoms with van der Waals surface area (Å²) < 4.78 is 33.1. The average Bonchev–Trinajstić information content (AvgIpc) is 3.43. The van der Waals surface area contributed by atoms with E-state index in [1.165, 1.54) is 23.6 Å². The van der Waals surface area contributed by atoms with Crippen molar-refractivity contribution in [1.29, 1.82) is 0 Å². The summed E-state index contributed by atoms with van der Waals surface area (Å²) in [6.45, 7) is 5.56. The third-order valence-corrected chi connectivity index (χ3v) is 7.88. The summed E-state index contributed by atoms with van der Waals surface area (Å²) in [5, 5.41) is 14.2. The lowest BCUT2D eigenvalue weighted by atomic mass is 10.0. The number of rotatable bonds is 13. The fourth-order valence-electron chi connectivity index (χ4n) is 4.39. The first kappa shape index (κ1) is 32.3. The van der Waals surface area contributed by atoms with Crippen molar-refractivity contribution >= 4 is 35.2 Å². The van der Waals surface area contributed by atoms with Crippen molar-refractivity contribution in [2.75, 3.05) is 30.8 Å². The highest BCUT2D eigenvalue weighted by Gasteiger charge is 2.35. The molecule has 0 radical (unpaired) electrons. The third-order valence-electron chi connectivity index (χ3n) is 6.68. The van der Waals surface area contributed by atoms with E-state index < -0.39 is 35.1 Å². The van der Waals surface area contributed by atoms with Crippen LogP contribution in [0.5, 0.6) is 0 Å². The molecule has 3 atom stereocenters. The number of esters is 1. The number of thioether (sulfide) groups is 1. The minimum Gasteiger partial charge on any atom is -0.462 e. The van der Waals surface area contributed by atoms with Crippen LogP contribution < -0.4 is 16.4 Å². The van der Waals surface area contributed by atoms with E-state index in [1.54, 1.807) is 12.1 Å². The quantitative estimate of drug-likeness (QED) is 0.261. The van der Waals surface area contributed by atoms with Gasteiger partial charge >= 0.3 is 5.97 Å². The minimum absolute atomic E-state index is 0.000763. The van der Waals surface area contributed by atoms with Crippen molar-refractivity contribution in [3.05, 3.63) is 64.7 Å². The molecule has 12 heteroatoms. The van der Waals surface area contributed by atoms with Gasteiger partial charge in [0.25, 0.3) is 5.91 Å². The van der Waals surface area contributed by atoms with Crippen molar-refractivity contribution in [2.24, 2.45) is 11.7 Å². The van der Waals surface area contributed by atoms with Gasteiger partial charge in [-0.25, -0.2) is 13.6 Å². The van der Waals surface area contributed by atoms with Gasteiger partial charge in [-0.2, -0.15) is 0 Å². The molecule has 2 aromatic carbocycles. The first-order chi connectivity index (χ1) is 19.5. The standard InChI is InChI=1S/C29H38F2N4O5S/c1-17(2)26(29(39)40-10-9-36)34-22-6-4-19(5-7-22)16-33-27(38)28-35(8-11-41-28)25(37)15-21(32)13-20-14-23(30)18(3)12-24(20)31/h4-7,12,14,17,21,26,28,34,36H,8-11,13,15-16,32H2,1-3H3,(H,33,38)/t21?,26-,28+/m1/s1. The number of amides is 2. The van der Waals surface area contributed by atoms with Crippen molar-refractivity contribution < 1.29 is 33.0 Å². The number of nitrogens with two attached hydrogens (primary N) is 1. The molecule has 1 saturated heterocycles. The Hall–Kier alpha value is -3.22. The Labute approximate surface area is 243 Å².